The van der Waals surface area contributed by atoms with Crippen LogP contribution in [0.4, 0.5) is 5.69 Å². The molecule has 0 saturated carbocycles. The smallest absolute Gasteiger partial charge is 0.338 e. The summed E-state index contributed by atoms with van der Waals surface area (Å²) in [5.74, 6) is 0.812. The molecule has 0 aliphatic carbocycles. The maximum Gasteiger partial charge on any atom is 0.338 e. The van der Waals surface area contributed by atoms with Gasteiger partial charge >= 0.3 is 5.97 Å². The summed E-state index contributed by atoms with van der Waals surface area (Å²) in [6.07, 6.45) is -0.355. The zero-order valence-electron chi connectivity index (χ0n) is 17.9. The average Bonchev–Trinajstić information content (AvgIpc) is 3.13. The van der Waals surface area contributed by atoms with E-state index < -0.39 is 5.97 Å². The summed E-state index contributed by atoms with van der Waals surface area (Å²) >= 11 is 7.26. The molecule has 10 heteroatoms. The summed E-state index contributed by atoms with van der Waals surface area (Å²) in [6, 6.07) is 13.7. The molecular formula is C22H23ClN4O4S. The Kier molecular flexibility index (Phi) is 8.13. The highest BCUT2D eigenvalue weighted by Crippen LogP contribution is 2.25. The second-order valence-corrected chi connectivity index (χ2v) is 8.13. The first-order valence-electron chi connectivity index (χ1n) is 9.88. The fraction of sp³-hybridized carbons (Fsp3) is 0.273. The van der Waals surface area contributed by atoms with E-state index in [0.717, 1.165) is 0 Å². The molecule has 1 atom stereocenters. The number of hydrogen-bond acceptors (Lipinski definition) is 7. The van der Waals surface area contributed by atoms with Crippen molar-refractivity contribution in [2.45, 2.75) is 25.1 Å². The Bertz CT molecular complexity index is 1090. The highest BCUT2D eigenvalue weighted by Gasteiger charge is 2.18. The molecule has 1 aromatic heterocycles. The van der Waals surface area contributed by atoms with Gasteiger partial charge in [0.15, 0.2) is 17.1 Å². The largest absolute Gasteiger partial charge is 0.483 e. The number of carbonyl (C=O) groups excluding carboxylic acids is 2. The summed E-state index contributed by atoms with van der Waals surface area (Å²) < 4.78 is 12.6. The van der Waals surface area contributed by atoms with Crippen molar-refractivity contribution < 1.29 is 19.1 Å². The number of thioether (sulfide) groups is 1. The Morgan fingerprint density at radius 1 is 1.19 bits per heavy atom. The number of nitrogens with one attached hydrogen (secondary N) is 1. The van der Waals surface area contributed by atoms with E-state index in [1.54, 1.807) is 47.9 Å². The van der Waals surface area contributed by atoms with Crippen molar-refractivity contribution in [3.63, 3.8) is 0 Å². The minimum Gasteiger partial charge on any atom is -0.483 e. The number of amides is 1. The highest BCUT2D eigenvalue weighted by atomic mass is 35.5. The van der Waals surface area contributed by atoms with Crippen molar-refractivity contribution in [2.24, 2.45) is 7.05 Å². The van der Waals surface area contributed by atoms with Crippen LogP contribution >= 0.6 is 23.4 Å². The number of halogens is 1. The number of esters is 1. The SMILES string of the molecule is CCOC(=O)c1ccc(NC(=O)CSc2nnc(C(C)Oc3cccc(Cl)c3)n2C)cc1. The van der Waals surface area contributed by atoms with Gasteiger partial charge in [0, 0.05) is 17.8 Å². The maximum absolute atomic E-state index is 12.3. The van der Waals surface area contributed by atoms with E-state index in [-0.39, 0.29) is 17.8 Å². The summed E-state index contributed by atoms with van der Waals surface area (Å²) in [4.78, 5) is 24.0. The molecule has 168 valence electrons. The summed E-state index contributed by atoms with van der Waals surface area (Å²) in [6.45, 7) is 3.92. The predicted molar refractivity (Wildman–Crippen MR) is 123 cm³/mol. The van der Waals surface area contributed by atoms with Crippen LogP contribution in [-0.4, -0.2) is 39.0 Å². The van der Waals surface area contributed by atoms with Gasteiger partial charge in [0.05, 0.1) is 17.9 Å². The Labute approximate surface area is 195 Å². The lowest BCUT2D eigenvalue weighted by Gasteiger charge is -2.14. The second kappa shape index (κ2) is 11.0. The van der Waals surface area contributed by atoms with Gasteiger partial charge in [-0.3, -0.25) is 4.79 Å². The Morgan fingerprint density at radius 3 is 2.62 bits per heavy atom. The van der Waals surface area contributed by atoms with Crippen molar-refractivity contribution in [1.29, 1.82) is 0 Å². The molecule has 1 heterocycles. The number of anilines is 1. The molecule has 1 amide bonds. The van der Waals surface area contributed by atoms with E-state index in [1.807, 2.05) is 26.1 Å². The quantitative estimate of drug-likeness (QED) is 0.360. The third kappa shape index (κ3) is 6.24. The van der Waals surface area contributed by atoms with E-state index >= 15 is 0 Å². The summed E-state index contributed by atoms with van der Waals surface area (Å²) in [5.41, 5.74) is 1.02. The van der Waals surface area contributed by atoms with Crippen LogP contribution in [-0.2, 0) is 16.6 Å². The Balaban J connectivity index is 1.54. The molecule has 3 rings (SSSR count). The van der Waals surface area contributed by atoms with Crippen LogP contribution < -0.4 is 10.1 Å². The number of benzene rings is 2. The van der Waals surface area contributed by atoms with Crippen LogP contribution in [0.3, 0.4) is 0 Å². The minimum absolute atomic E-state index is 0.148. The molecule has 2 aromatic carbocycles. The Hall–Kier alpha value is -3.04. The van der Waals surface area contributed by atoms with E-state index in [9.17, 15) is 9.59 Å². The molecule has 0 saturated heterocycles. The molecule has 0 fully saturated rings. The van der Waals surface area contributed by atoms with Crippen LogP contribution in [0.1, 0.15) is 36.1 Å². The van der Waals surface area contributed by atoms with Gasteiger partial charge in [0.2, 0.25) is 5.91 Å². The second-order valence-electron chi connectivity index (χ2n) is 6.75. The molecular weight excluding hydrogens is 452 g/mol. The molecule has 3 aromatic rings. The monoisotopic (exact) mass is 474 g/mol. The maximum atomic E-state index is 12.3. The number of rotatable bonds is 9. The van der Waals surface area contributed by atoms with Crippen molar-refractivity contribution in [2.75, 3.05) is 17.7 Å². The molecule has 0 aliphatic heterocycles. The van der Waals surface area contributed by atoms with Crippen LogP contribution in [0.5, 0.6) is 5.75 Å². The first-order chi connectivity index (χ1) is 15.4. The lowest BCUT2D eigenvalue weighted by molar-refractivity contribution is -0.113. The molecule has 32 heavy (non-hydrogen) atoms. The number of aromatic nitrogens is 3. The van der Waals surface area contributed by atoms with Crippen LogP contribution in [0.15, 0.2) is 53.7 Å². The fourth-order valence-electron chi connectivity index (χ4n) is 2.83. The third-order valence-corrected chi connectivity index (χ3v) is 5.61. The van der Waals surface area contributed by atoms with Gasteiger partial charge in [0.1, 0.15) is 5.75 Å². The lowest BCUT2D eigenvalue weighted by atomic mass is 10.2. The van der Waals surface area contributed by atoms with Crippen molar-refractivity contribution in [1.82, 2.24) is 14.8 Å². The van der Waals surface area contributed by atoms with Crippen molar-refractivity contribution in [3.05, 3.63) is 64.9 Å². The molecule has 0 aliphatic rings. The van der Waals surface area contributed by atoms with Crippen molar-refractivity contribution >= 4 is 40.9 Å². The van der Waals surface area contributed by atoms with E-state index in [2.05, 4.69) is 15.5 Å². The van der Waals surface area contributed by atoms with Gasteiger partial charge in [-0.2, -0.15) is 0 Å². The highest BCUT2D eigenvalue weighted by molar-refractivity contribution is 7.99. The zero-order valence-corrected chi connectivity index (χ0v) is 19.4. The molecule has 1 N–H and O–H groups in total. The third-order valence-electron chi connectivity index (χ3n) is 4.35. The molecule has 0 spiro atoms. The van der Waals surface area contributed by atoms with Gasteiger partial charge < -0.3 is 19.4 Å². The predicted octanol–water partition coefficient (Wildman–Crippen LogP) is 4.52. The first kappa shape index (κ1) is 23.6. The van der Waals surface area contributed by atoms with Crippen molar-refractivity contribution in [3.8, 4) is 5.75 Å². The summed E-state index contributed by atoms with van der Waals surface area (Å²) in [7, 11) is 1.82. The molecule has 8 nitrogen and oxygen atoms in total. The number of ether oxygens (including phenoxy) is 2. The number of nitrogens with zero attached hydrogens (tertiary/aromatic N) is 3. The molecule has 0 radical (unpaired) electrons. The van der Waals surface area contributed by atoms with Gasteiger partial charge in [-0.15, -0.1) is 10.2 Å². The lowest BCUT2D eigenvalue weighted by Crippen LogP contribution is -2.15. The average molecular weight is 475 g/mol. The van der Waals surface area contributed by atoms with Gasteiger partial charge in [0.25, 0.3) is 0 Å². The number of carbonyl (C=O) groups is 2. The number of hydrogen-bond donors (Lipinski definition) is 1. The van der Waals surface area contributed by atoms with Gasteiger partial charge in [-0.1, -0.05) is 29.4 Å². The van der Waals surface area contributed by atoms with Crippen LogP contribution in [0.2, 0.25) is 5.02 Å². The zero-order chi connectivity index (χ0) is 23.1. The van der Waals surface area contributed by atoms with E-state index in [0.29, 0.717) is 39.6 Å². The van der Waals surface area contributed by atoms with E-state index in [4.69, 9.17) is 21.1 Å². The van der Waals surface area contributed by atoms with Gasteiger partial charge in [-0.25, -0.2) is 4.79 Å². The topological polar surface area (TPSA) is 95.3 Å². The molecule has 1 unspecified atom stereocenters. The van der Waals surface area contributed by atoms with Crippen LogP contribution in [0.25, 0.3) is 0 Å². The normalized spacial score (nSPS) is 11.6. The summed E-state index contributed by atoms with van der Waals surface area (Å²) in [5, 5.41) is 12.3. The minimum atomic E-state index is -0.396. The first-order valence-corrected chi connectivity index (χ1v) is 11.2. The van der Waals surface area contributed by atoms with E-state index in [1.165, 1.54) is 11.8 Å². The standard InChI is InChI=1S/C22H23ClN4O4S/c1-4-30-21(29)15-8-10-17(11-9-15)24-19(28)13-32-22-26-25-20(27(22)3)14(2)31-18-7-5-6-16(23)12-18/h5-12,14H,4,13H2,1-3H3,(H,24,28). The fourth-order valence-corrected chi connectivity index (χ4v) is 3.73. The Morgan fingerprint density at radius 2 is 1.94 bits per heavy atom. The van der Waals surface area contributed by atoms with Gasteiger partial charge in [-0.05, 0) is 56.3 Å². The van der Waals surface area contributed by atoms with Crippen LogP contribution in [0, 0.1) is 0 Å². The molecule has 0 bridgehead atoms.